The molecule has 2 aromatic rings. The summed E-state index contributed by atoms with van der Waals surface area (Å²) in [5.41, 5.74) is 3.31. The van der Waals surface area contributed by atoms with Crippen molar-refractivity contribution < 1.29 is 9.18 Å². The maximum Gasteiger partial charge on any atom is 0.241 e. The van der Waals surface area contributed by atoms with Crippen LogP contribution in [-0.4, -0.2) is 19.0 Å². The number of nitrogens with one attached hydrogen (secondary N) is 2. The van der Waals surface area contributed by atoms with Crippen molar-refractivity contribution >= 4 is 5.91 Å². The molecule has 2 aromatic carbocycles. The maximum absolute atomic E-state index is 13.0. The van der Waals surface area contributed by atoms with E-state index >= 15 is 0 Å². The third-order valence-corrected chi connectivity index (χ3v) is 4.39. The minimum Gasteiger partial charge on any atom is -0.354 e. The van der Waals surface area contributed by atoms with E-state index in [1.54, 1.807) is 12.1 Å². The summed E-state index contributed by atoms with van der Waals surface area (Å²) in [6.07, 6.45) is 0.950. The van der Waals surface area contributed by atoms with Gasteiger partial charge >= 0.3 is 0 Å². The molecule has 0 aliphatic carbocycles. The summed E-state index contributed by atoms with van der Waals surface area (Å²) in [5.74, 6) is -0.113. The van der Waals surface area contributed by atoms with Crippen LogP contribution in [0.2, 0.25) is 0 Å². The molecule has 1 heterocycles. The molecule has 3 rings (SSSR count). The average molecular weight is 312 g/mol. The molecule has 3 nitrogen and oxygen atoms in total. The van der Waals surface area contributed by atoms with Crippen LogP contribution in [0, 0.1) is 5.82 Å². The van der Waals surface area contributed by atoms with Gasteiger partial charge in [0.25, 0.3) is 0 Å². The Morgan fingerprint density at radius 3 is 2.78 bits per heavy atom. The van der Waals surface area contributed by atoms with E-state index < -0.39 is 0 Å². The molecule has 2 atom stereocenters. The summed E-state index contributed by atoms with van der Waals surface area (Å²) in [6.45, 7) is 3.36. The fourth-order valence-corrected chi connectivity index (χ4v) is 3.00. The Kier molecular flexibility index (Phi) is 4.72. The molecule has 0 radical (unpaired) electrons. The van der Waals surface area contributed by atoms with Gasteiger partial charge in [0.2, 0.25) is 5.91 Å². The lowest BCUT2D eigenvalue weighted by Gasteiger charge is -2.26. The van der Waals surface area contributed by atoms with Crippen LogP contribution in [0.15, 0.2) is 48.5 Å². The number of carbonyl (C=O) groups is 1. The number of halogens is 1. The van der Waals surface area contributed by atoms with Crippen molar-refractivity contribution in [3.8, 4) is 0 Å². The average Bonchev–Trinajstić information content (AvgIpc) is 2.59. The predicted molar refractivity (Wildman–Crippen MR) is 88.7 cm³/mol. The first-order valence-corrected chi connectivity index (χ1v) is 7.99. The van der Waals surface area contributed by atoms with E-state index in [0.717, 1.165) is 24.1 Å². The summed E-state index contributed by atoms with van der Waals surface area (Å²) in [5, 5.41) is 6.30. The zero-order valence-electron chi connectivity index (χ0n) is 13.2. The first-order valence-electron chi connectivity index (χ1n) is 7.99. The van der Waals surface area contributed by atoms with Crippen molar-refractivity contribution in [3.05, 3.63) is 71.0 Å². The molecule has 1 aliphatic heterocycles. The molecule has 0 bridgehead atoms. The molecule has 23 heavy (non-hydrogen) atoms. The quantitative estimate of drug-likeness (QED) is 0.911. The van der Waals surface area contributed by atoms with Gasteiger partial charge in [-0.05, 0) is 41.2 Å². The number of amides is 1. The van der Waals surface area contributed by atoms with Crippen LogP contribution in [0.1, 0.15) is 35.6 Å². The van der Waals surface area contributed by atoms with Crippen LogP contribution in [0.3, 0.4) is 0 Å². The largest absolute Gasteiger partial charge is 0.354 e. The normalized spacial score (nSPS) is 18.1. The molecule has 0 saturated heterocycles. The van der Waals surface area contributed by atoms with E-state index in [1.807, 2.05) is 25.1 Å². The number of hydrogen-bond acceptors (Lipinski definition) is 2. The highest BCUT2D eigenvalue weighted by atomic mass is 19.1. The third-order valence-electron chi connectivity index (χ3n) is 4.39. The van der Waals surface area contributed by atoms with Gasteiger partial charge < -0.3 is 10.6 Å². The van der Waals surface area contributed by atoms with E-state index in [9.17, 15) is 9.18 Å². The molecule has 120 valence electrons. The molecule has 1 amide bonds. The SMILES string of the molecule is CC(CNC(=O)C1NCCc2ccccc21)c1ccc(F)cc1. The standard InChI is InChI=1S/C19H21FN2O/c1-13(14-6-8-16(20)9-7-14)12-22-19(23)18-17-5-3-2-4-15(17)10-11-21-18/h2-9,13,18,21H,10-12H2,1H3,(H,22,23). The van der Waals surface area contributed by atoms with E-state index in [1.165, 1.54) is 17.7 Å². The fraction of sp³-hybridized carbons (Fsp3) is 0.316. The molecule has 2 N–H and O–H groups in total. The first-order chi connectivity index (χ1) is 11.1. The van der Waals surface area contributed by atoms with Crippen LogP contribution in [0.4, 0.5) is 4.39 Å². The maximum atomic E-state index is 13.0. The van der Waals surface area contributed by atoms with Gasteiger partial charge in [0.05, 0.1) is 0 Å². The molecule has 0 fully saturated rings. The van der Waals surface area contributed by atoms with E-state index in [0.29, 0.717) is 6.54 Å². The van der Waals surface area contributed by atoms with E-state index in [-0.39, 0.29) is 23.7 Å². The number of rotatable bonds is 4. The van der Waals surface area contributed by atoms with E-state index in [4.69, 9.17) is 0 Å². The Morgan fingerprint density at radius 2 is 2.00 bits per heavy atom. The topological polar surface area (TPSA) is 41.1 Å². The molecule has 0 aromatic heterocycles. The van der Waals surface area contributed by atoms with E-state index in [2.05, 4.69) is 16.7 Å². The Bertz CT molecular complexity index is 684. The van der Waals surface area contributed by atoms with Gasteiger partial charge in [-0.15, -0.1) is 0 Å². The Labute approximate surface area is 135 Å². The lowest BCUT2D eigenvalue weighted by Crippen LogP contribution is -2.42. The van der Waals surface area contributed by atoms with Gasteiger partial charge in [0.1, 0.15) is 11.9 Å². The summed E-state index contributed by atoms with van der Waals surface area (Å²) in [6, 6.07) is 14.2. The second-order valence-corrected chi connectivity index (χ2v) is 6.03. The van der Waals surface area contributed by atoms with Crippen molar-refractivity contribution in [1.82, 2.24) is 10.6 Å². The molecule has 0 saturated carbocycles. The van der Waals surface area contributed by atoms with Crippen LogP contribution in [0.25, 0.3) is 0 Å². The van der Waals surface area contributed by atoms with Crippen molar-refractivity contribution in [2.75, 3.05) is 13.1 Å². The molecule has 4 heteroatoms. The molecule has 1 aliphatic rings. The molecular weight excluding hydrogens is 291 g/mol. The van der Waals surface area contributed by atoms with Gasteiger partial charge in [-0.3, -0.25) is 4.79 Å². The van der Waals surface area contributed by atoms with Gasteiger partial charge in [-0.25, -0.2) is 4.39 Å². The third kappa shape index (κ3) is 3.59. The van der Waals surface area contributed by atoms with Crippen LogP contribution < -0.4 is 10.6 Å². The smallest absolute Gasteiger partial charge is 0.241 e. The number of hydrogen-bond donors (Lipinski definition) is 2. The Balaban J connectivity index is 1.63. The zero-order chi connectivity index (χ0) is 16.2. The Morgan fingerprint density at radius 1 is 1.26 bits per heavy atom. The molecular formula is C19H21FN2O. The molecule has 2 unspecified atom stereocenters. The monoisotopic (exact) mass is 312 g/mol. The summed E-state index contributed by atoms with van der Waals surface area (Å²) < 4.78 is 13.0. The van der Waals surface area contributed by atoms with Crippen molar-refractivity contribution in [2.24, 2.45) is 0 Å². The highest BCUT2D eigenvalue weighted by molar-refractivity contribution is 5.84. The predicted octanol–water partition coefficient (Wildman–Crippen LogP) is 2.93. The van der Waals surface area contributed by atoms with Gasteiger partial charge in [0, 0.05) is 13.1 Å². The Hall–Kier alpha value is -2.20. The van der Waals surface area contributed by atoms with Crippen LogP contribution >= 0.6 is 0 Å². The number of carbonyl (C=O) groups excluding carboxylic acids is 1. The highest BCUT2D eigenvalue weighted by Crippen LogP contribution is 2.23. The zero-order valence-corrected chi connectivity index (χ0v) is 13.2. The second-order valence-electron chi connectivity index (χ2n) is 6.03. The van der Waals surface area contributed by atoms with Crippen molar-refractivity contribution in [1.29, 1.82) is 0 Å². The molecule has 0 spiro atoms. The summed E-state index contributed by atoms with van der Waals surface area (Å²) in [7, 11) is 0. The minimum absolute atomic E-state index is 0.00823. The van der Waals surface area contributed by atoms with Gasteiger partial charge in [0.15, 0.2) is 0 Å². The first kappa shape index (κ1) is 15.7. The summed E-state index contributed by atoms with van der Waals surface area (Å²) in [4.78, 5) is 12.5. The highest BCUT2D eigenvalue weighted by Gasteiger charge is 2.25. The van der Waals surface area contributed by atoms with Crippen LogP contribution in [-0.2, 0) is 11.2 Å². The van der Waals surface area contributed by atoms with Gasteiger partial charge in [-0.2, -0.15) is 0 Å². The minimum atomic E-state index is -0.291. The van der Waals surface area contributed by atoms with Crippen molar-refractivity contribution in [3.63, 3.8) is 0 Å². The lowest BCUT2D eigenvalue weighted by atomic mass is 9.93. The lowest BCUT2D eigenvalue weighted by molar-refractivity contribution is -0.123. The van der Waals surface area contributed by atoms with Crippen LogP contribution in [0.5, 0.6) is 0 Å². The fourth-order valence-electron chi connectivity index (χ4n) is 3.00. The number of fused-ring (bicyclic) bond motifs is 1. The van der Waals surface area contributed by atoms with Crippen molar-refractivity contribution in [2.45, 2.75) is 25.3 Å². The second kappa shape index (κ2) is 6.92. The van der Waals surface area contributed by atoms with Gasteiger partial charge in [-0.1, -0.05) is 43.3 Å². The summed E-state index contributed by atoms with van der Waals surface area (Å²) >= 11 is 0. The number of benzene rings is 2.